The standard InChI is InChI=1S/C15H19NS/c16-11-10-14(15-7-4-12-17-15)9-8-13-5-2-1-3-6-13/h1-7,12,14H,8-11,16H2. The van der Waals surface area contributed by atoms with Crippen molar-refractivity contribution in [3.8, 4) is 0 Å². The summed E-state index contributed by atoms with van der Waals surface area (Å²) in [7, 11) is 0. The Morgan fingerprint density at radius 2 is 1.82 bits per heavy atom. The molecule has 1 unspecified atom stereocenters. The molecule has 0 fully saturated rings. The summed E-state index contributed by atoms with van der Waals surface area (Å²) in [4.78, 5) is 1.48. The molecule has 0 aliphatic heterocycles. The minimum Gasteiger partial charge on any atom is -0.330 e. The van der Waals surface area contributed by atoms with Crippen molar-refractivity contribution in [3.63, 3.8) is 0 Å². The fourth-order valence-corrected chi connectivity index (χ4v) is 3.04. The fourth-order valence-electron chi connectivity index (χ4n) is 2.14. The van der Waals surface area contributed by atoms with Gasteiger partial charge in [0.05, 0.1) is 0 Å². The van der Waals surface area contributed by atoms with E-state index in [1.807, 2.05) is 11.3 Å². The molecule has 0 bridgehead atoms. The third-order valence-corrected chi connectivity index (χ3v) is 4.12. The van der Waals surface area contributed by atoms with Crippen LogP contribution < -0.4 is 5.73 Å². The molecular formula is C15H19NS. The monoisotopic (exact) mass is 245 g/mol. The highest BCUT2D eigenvalue weighted by atomic mass is 32.1. The van der Waals surface area contributed by atoms with E-state index >= 15 is 0 Å². The van der Waals surface area contributed by atoms with Crippen molar-refractivity contribution < 1.29 is 0 Å². The lowest BCUT2D eigenvalue weighted by Crippen LogP contribution is -2.07. The number of nitrogens with two attached hydrogens (primary N) is 1. The van der Waals surface area contributed by atoms with Crippen LogP contribution in [0.2, 0.25) is 0 Å². The molecule has 0 aliphatic rings. The Labute approximate surface area is 107 Å². The molecule has 2 aromatic rings. The topological polar surface area (TPSA) is 26.0 Å². The predicted octanol–water partition coefficient (Wildman–Crippen LogP) is 3.81. The summed E-state index contributed by atoms with van der Waals surface area (Å²) in [6.45, 7) is 0.775. The molecule has 0 aliphatic carbocycles. The zero-order valence-corrected chi connectivity index (χ0v) is 10.8. The molecule has 1 aromatic carbocycles. The molecule has 1 heterocycles. The van der Waals surface area contributed by atoms with Crippen LogP contribution in [0.25, 0.3) is 0 Å². The lowest BCUT2D eigenvalue weighted by atomic mass is 9.95. The fraction of sp³-hybridized carbons (Fsp3) is 0.333. The molecule has 0 saturated carbocycles. The van der Waals surface area contributed by atoms with Crippen LogP contribution in [0.15, 0.2) is 47.8 Å². The second-order valence-electron chi connectivity index (χ2n) is 4.31. The molecule has 0 spiro atoms. The number of benzene rings is 1. The Balaban J connectivity index is 1.95. The van der Waals surface area contributed by atoms with Crippen molar-refractivity contribution >= 4 is 11.3 Å². The third-order valence-electron chi connectivity index (χ3n) is 3.08. The zero-order valence-electron chi connectivity index (χ0n) is 10.0. The summed E-state index contributed by atoms with van der Waals surface area (Å²) in [6.07, 6.45) is 3.43. The molecule has 2 rings (SSSR count). The Kier molecular flexibility index (Phi) is 4.77. The van der Waals surface area contributed by atoms with Crippen LogP contribution >= 0.6 is 11.3 Å². The molecule has 1 aromatic heterocycles. The molecule has 90 valence electrons. The van der Waals surface area contributed by atoms with E-state index < -0.39 is 0 Å². The van der Waals surface area contributed by atoms with Gasteiger partial charge < -0.3 is 5.73 Å². The predicted molar refractivity (Wildman–Crippen MR) is 75.5 cm³/mol. The van der Waals surface area contributed by atoms with E-state index in [9.17, 15) is 0 Å². The van der Waals surface area contributed by atoms with Gasteiger partial charge in [-0.25, -0.2) is 0 Å². The van der Waals surface area contributed by atoms with Gasteiger partial charge in [0.25, 0.3) is 0 Å². The maximum absolute atomic E-state index is 5.71. The smallest absolute Gasteiger partial charge is 0.00767 e. The van der Waals surface area contributed by atoms with Crippen LogP contribution in [0.1, 0.15) is 29.2 Å². The highest BCUT2D eigenvalue weighted by Gasteiger charge is 2.11. The van der Waals surface area contributed by atoms with Gasteiger partial charge in [0.1, 0.15) is 0 Å². The maximum atomic E-state index is 5.71. The first-order valence-electron chi connectivity index (χ1n) is 6.17. The van der Waals surface area contributed by atoms with Crippen molar-refractivity contribution in [2.75, 3.05) is 6.54 Å². The maximum Gasteiger partial charge on any atom is 0.00767 e. The second-order valence-corrected chi connectivity index (χ2v) is 5.29. The van der Waals surface area contributed by atoms with E-state index in [0.29, 0.717) is 5.92 Å². The van der Waals surface area contributed by atoms with Crippen molar-refractivity contribution in [3.05, 3.63) is 58.3 Å². The van der Waals surface area contributed by atoms with Gasteiger partial charge in [-0.05, 0) is 48.7 Å². The minimum atomic E-state index is 0.625. The summed E-state index contributed by atoms with van der Waals surface area (Å²) in [5.41, 5.74) is 7.13. The summed E-state index contributed by atoms with van der Waals surface area (Å²) in [5, 5.41) is 2.15. The van der Waals surface area contributed by atoms with E-state index in [0.717, 1.165) is 19.4 Å². The lowest BCUT2D eigenvalue weighted by molar-refractivity contribution is 0.593. The molecule has 1 nitrogen and oxygen atoms in total. The van der Waals surface area contributed by atoms with Gasteiger partial charge in [-0.2, -0.15) is 0 Å². The van der Waals surface area contributed by atoms with Crippen LogP contribution in [0.4, 0.5) is 0 Å². The highest BCUT2D eigenvalue weighted by molar-refractivity contribution is 7.10. The Morgan fingerprint density at radius 3 is 2.47 bits per heavy atom. The van der Waals surface area contributed by atoms with Crippen molar-refractivity contribution in [1.29, 1.82) is 0 Å². The van der Waals surface area contributed by atoms with E-state index in [4.69, 9.17) is 5.73 Å². The first-order valence-corrected chi connectivity index (χ1v) is 7.05. The quantitative estimate of drug-likeness (QED) is 0.822. The Hall–Kier alpha value is -1.12. The highest BCUT2D eigenvalue weighted by Crippen LogP contribution is 2.28. The summed E-state index contributed by atoms with van der Waals surface area (Å²) in [6, 6.07) is 15.1. The Morgan fingerprint density at radius 1 is 1.00 bits per heavy atom. The van der Waals surface area contributed by atoms with Crippen LogP contribution in [0, 0.1) is 0 Å². The minimum absolute atomic E-state index is 0.625. The van der Waals surface area contributed by atoms with Gasteiger partial charge in [0.15, 0.2) is 0 Å². The molecule has 0 amide bonds. The van der Waals surface area contributed by atoms with Gasteiger partial charge in [-0.3, -0.25) is 0 Å². The average molecular weight is 245 g/mol. The van der Waals surface area contributed by atoms with E-state index in [-0.39, 0.29) is 0 Å². The molecule has 2 heteroatoms. The Bertz CT molecular complexity index is 408. The van der Waals surface area contributed by atoms with Crippen LogP contribution in [-0.4, -0.2) is 6.54 Å². The molecular weight excluding hydrogens is 226 g/mol. The average Bonchev–Trinajstić information content (AvgIpc) is 2.89. The van der Waals surface area contributed by atoms with Crippen LogP contribution in [0.5, 0.6) is 0 Å². The molecule has 17 heavy (non-hydrogen) atoms. The number of aryl methyl sites for hydroxylation is 1. The number of hydrogen-bond acceptors (Lipinski definition) is 2. The van der Waals surface area contributed by atoms with Crippen molar-refractivity contribution in [1.82, 2.24) is 0 Å². The summed E-state index contributed by atoms with van der Waals surface area (Å²) < 4.78 is 0. The zero-order chi connectivity index (χ0) is 11.9. The third kappa shape index (κ3) is 3.69. The first-order chi connectivity index (χ1) is 8.40. The number of thiophene rings is 1. The summed E-state index contributed by atoms with van der Waals surface area (Å²) >= 11 is 1.85. The number of rotatable bonds is 6. The largest absolute Gasteiger partial charge is 0.330 e. The van der Waals surface area contributed by atoms with E-state index in [2.05, 4.69) is 47.8 Å². The summed E-state index contributed by atoms with van der Waals surface area (Å²) in [5.74, 6) is 0.625. The van der Waals surface area contributed by atoms with Gasteiger partial charge in [-0.15, -0.1) is 11.3 Å². The molecule has 1 atom stereocenters. The lowest BCUT2D eigenvalue weighted by Gasteiger charge is -2.14. The van der Waals surface area contributed by atoms with Crippen molar-refractivity contribution in [2.24, 2.45) is 5.73 Å². The second kappa shape index (κ2) is 6.58. The van der Waals surface area contributed by atoms with Gasteiger partial charge in [0.2, 0.25) is 0 Å². The van der Waals surface area contributed by atoms with Crippen molar-refractivity contribution in [2.45, 2.75) is 25.2 Å². The SMILES string of the molecule is NCCC(CCc1ccccc1)c1cccs1. The number of hydrogen-bond donors (Lipinski definition) is 1. The van der Waals surface area contributed by atoms with E-state index in [1.54, 1.807) is 0 Å². The van der Waals surface area contributed by atoms with Gasteiger partial charge in [-0.1, -0.05) is 36.4 Å². The van der Waals surface area contributed by atoms with E-state index in [1.165, 1.54) is 16.9 Å². The van der Waals surface area contributed by atoms with Gasteiger partial charge in [0, 0.05) is 4.88 Å². The molecule has 0 radical (unpaired) electrons. The van der Waals surface area contributed by atoms with Crippen LogP contribution in [-0.2, 0) is 6.42 Å². The normalized spacial score (nSPS) is 12.5. The molecule has 2 N–H and O–H groups in total. The van der Waals surface area contributed by atoms with Gasteiger partial charge >= 0.3 is 0 Å². The van der Waals surface area contributed by atoms with Crippen LogP contribution in [0.3, 0.4) is 0 Å². The molecule has 0 saturated heterocycles. The first kappa shape index (κ1) is 12.3.